The van der Waals surface area contributed by atoms with Crippen molar-refractivity contribution in [2.75, 3.05) is 26.7 Å². The Kier molecular flexibility index (Phi) is 3.36. The highest BCUT2D eigenvalue weighted by molar-refractivity contribution is 5.19. The van der Waals surface area contributed by atoms with Gasteiger partial charge in [0, 0.05) is 19.1 Å². The number of nitrogens with two attached hydrogens (primary N) is 1. The van der Waals surface area contributed by atoms with Gasteiger partial charge in [-0.05, 0) is 12.6 Å². The molecule has 0 radical (unpaired) electrons. The summed E-state index contributed by atoms with van der Waals surface area (Å²) in [4.78, 5) is 2.22. The molecule has 2 N–H and O–H groups in total. The van der Waals surface area contributed by atoms with Crippen LogP contribution in [0.25, 0.3) is 0 Å². The standard InChI is InChI=1S/C12H18N2O/c1-14-7-8-15-12(11(13)9-14)10-5-3-2-4-6-10/h2-6,11-12H,7-9,13H2,1H3/t11-,12?/m0/s1. The summed E-state index contributed by atoms with van der Waals surface area (Å²) in [6.45, 7) is 2.60. The van der Waals surface area contributed by atoms with E-state index in [-0.39, 0.29) is 12.1 Å². The molecular weight excluding hydrogens is 188 g/mol. The third-order valence-corrected chi connectivity index (χ3v) is 2.81. The lowest BCUT2D eigenvalue weighted by atomic mass is 10.0. The van der Waals surface area contributed by atoms with E-state index in [0.717, 1.165) is 19.7 Å². The van der Waals surface area contributed by atoms with Crippen LogP contribution in [-0.2, 0) is 4.74 Å². The van der Waals surface area contributed by atoms with E-state index in [0.29, 0.717) is 0 Å². The average Bonchev–Trinajstić information content (AvgIpc) is 2.40. The van der Waals surface area contributed by atoms with E-state index in [4.69, 9.17) is 10.5 Å². The van der Waals surface area contributed by atoms with Crippen molar-refractivity contribution in [3.8, 4) is 0 Å². The summed E-state index contributed by atoms with van der Waals surface area (Å²) in [5.41, 5.74) is 7.32. The van der Waals surface area contributed by atoms with Crippen LogP contribution in [0.1, 0.15) is 11.7 Å². The molecule has 3 heteroatoms. The second-order valence-electron chi connectivity index (χ2n) is 4.13. The quantitative estimate of drug-likeness (QED) is 0.745. The Morgan fingerprint density at radius 1 is 1.33 bits per heavy atom. The molecule has 0 aromatic heterocycles. The Labute approximate surface area is 90.8 Å². The molecule has 2 rings (SSSR count). The average molecular weight is 206 g/mol. The van der Waals surface area contributed by atoms with Gasteiger partial charge in [-0.1, -0.05) is 30.3 Å². The van der Waals surface area contributed by atoms with Gasteiger partial charge in [-0.25, -0.2) is 0 Å². The van der Waals surface area contributed by atoms with Crippen molar-refractivity contribution in [1.29, 1.82) is 0 Å². The molecule has 1 unspecified atom stereocenters. The Balaban J connectivity index is 2.14. The summed E-state index contributed by atoms with van der Waals surface area (Å²) in [6.07, 6.45) is 0.0381. The zero-order valence-corrected chi connectivity index (χ0v) is 9.10. The third kappa shape index (κ3) is 2.56. The zero-order chi connectivity index (χ0) is 10.7. The summed E-state index contributed by atoms with van der Waals surface area (Å²) in [5, 5.41) is 0. The lowest BCUT2D eigenvalue weighted by Crippen LogP contribution is -2.37. The number of likely N-dealkylation sites (N-methyl/N-ethyl adjacent to an activating group) is 1. The summed E-state index contributed by atoms with van der Waals surface area (Å²) in [6, 6.07) is 10.3. The van der Waals surface area contributed by atoms with Crippen LogP contribution in [0.2, 0.25) is 0 Å². The summed E-state index contributed by atoms with van der Waals surface area (Å²) in [5.74, 6) is 0. The topological polar surface area (TPSA) is 38.5 Å². The van der Waals surface area contributed by atoms with Crippen molar-refractivity contribution in [2.24, 2.45) is 5.73 Å². The summed E-state index contributed by atoms with van der Waals surface area (Å²) in [7, 11) is 2.08. The molecule has 3 nitrogen and oxygen atoms in total. The van der Waals surface area contributed by atoms with Gasteiger partial charge in [0.25, 0.3) is 0 Å². The predicted molar refractivity (Wildman–Crippen MR) is 60.6 cm³/mol. The van der Waals surface area contributed by atoms with E-state index in [9.17, 15) is 0 Å². The van der Waals surface area contributed by atoms with Crippen molar-refractivity contribution >= 4 is 0 Å². The molecule has 0 amide bonds. The van der Waals surface area contributed by atoms with Crippen LogP contribution in [-0.4, -0.2) is 37.7 Å². The van der Waals surface area contributed by atoms with E-state index in [1.165, 1.54) is 5.56 Å². The van der Waals surface area contributed by atoms with Gasteiger partial charge in [0.1, 0.15) is 0 Å². The van der Waals surface area contributed by atoms with Crippen molar-refractivity contribution in [1.82, 2.24) is 4.90 Å². The maximum Gasteiger partial charge on any atom is 0.0988 e. The first kappa shape index (κ1) is 10.6. The Hall–Kier alpha value is -0.900. The lowest BCUT2D eigenvalue weighted by Gasteiger charge is -2.22. The van der Waals surface area contributed by atoms with E-state index in [1.54, 1.807) is 0 Å². The van der Waals surface area contributed by atoms with Crippen LogP contribution in [0, 0.1) is 0 Å². The maximum absolute atomic E-state index is 6.13. The Morgan fingerprint density at radius 2 is 2.07 bits per heavy atom. The maximum atomic E-state index is 6.13. The summed E-state index contributed by atoms with van der Waals surface area (Å²) >= 11 is 0. The molecule has 0 bridgehead atoms. The molecule has 2 atom stereocenters. The van der Waals surface area contributed by atoms with Gasteiger partial charge in [0.15, 0.2) is 0 Å². The van der Waals surface area contributed by atoms with Crippen molar-refractivity contribution in [3.63, 3.8) is 0 Å². The molecule has 82 valence electrons. The SMILES string of the molecule is CN1CCOC(c2ccccc2)[C@@H](N)C1. The monoisotopic (exact) mass is 206 g/mol. The largest absolute Gasteiger partial charge is 0.371 e. The first-order chi connectivity index (χ1) is 7.27. The number of ether oxygens (including phenoxy) is 1. The molecule has 15 heavy (non-hydrogen) atoms. The molecule has 1 aliphatic heterocycles. The number of hydrogen-bond donors (Lipinski definition) is 1. The van der Waals surface area contributed by atoms with Crippen LogP contribution in [0.4, 0.5) is 0 Å². The van der Waals surface area contributed by atoms with Gasteiger partial charge in [0.2, 0.25) is 0 Å². The van der Waals surface area contributed by atoms with Gasteiger partial charge in [-0.15, -0.1) is 0 Å². The van der Waals surface area contributed by atoms with Crippen LogP contribution >= 0.6 is 0 Å². The molecule has 1 saturated heterocycles. The second-order valence-corrected chi connectivity index (χ2v) is 4.13. The van der Waals surface area contributed by atoms with Crippen LogP contribution in [0.5, 0.6) is 0 Å². The van der Waals surface area contributed by atoms with Gasteiger partial charge >= 0.3 is 0 Å². The molecule has 0 saturated carbocycles. The predicted octanol–water partition coefficient (Wildman–Crippen LogP) is 1.02. The number of benzene rings is 1. The first-order valence-electron chi connectivity index (χ1n) is 5.38. The number of rotatable bonds is 1. The molecule has 1 aromatic rings. The van der Waals surface area contributed by atoms with Gasteiger partial charge in [-0.2, -0.15) is 0 Å². The van der Waals surface area contributed by atoms with Crippen LogP contribution in [0.3, 0.4) is 0 Å². The van der Waals surface area contributed by atoms with E-state index in [1.807, 2.05) is 18.2 Å². The molecule has 1 aromatic carbocycles. The van der Waals surface area contributed by atoms with Gasteiger partial charge in [-0.3, -0.25) is 0 Å². The first-order valence-corrected chi connectivity index (χ1v) is 5.38. The number of hydrogen-bond acceptors (Lipinski definition) is 3. The Morgan fingerprint density at radius 3 is 2.80 bits per heavy atom. The minimum Gasteiger partial charge on any atom is -0.371 e. The highest BCUT2D eigenvalue weighted by Crippen LogP contribution is 2.22. The lowest BCUT2D eigenvalue weighted by molar-refractivity contribution is 0.0521. The minimum atomic E-state index is 0.0381. The zero-order valence-electron chi connectivity index (χ0n) is 9.10. The minimum absolute atomic E-state index is 0.0381. The highest BCUT2D eigenvalue weighted by atomic mass is 16.5. The van der Waals surface area contributed by atoms with Gasteiger partial charge < -0.3 is 15.4 Å². The molecule has 1 heterocycles. The smallest absolute Gasteiger partial charge is 0.0988 e. The van der Waals surface area contributed by atoms with Crippen molar-refractivity contribution < 1.29 is 4.74 Å². The fourth-order valence-electron chi connectivity index (χ4n) is 1.99. The second kappa shape index (κ2) is 4.75. The number of nitrogens with zero attached hydrogens (tertiary/aromatic N) is 1. The van der Waals surface area contributed by atoms with E-state index >= 15 is 0 Å². The molecule has 1 aliphatic rings. The van der Waals surface area contributed by atoms with Crippen molar-refractivity contribution in [3.05, 3.63) is 35.9 Å². The van der Waals surface area contributed by atoms with Crippen LogP contribution < -0.4 is 5.73 Å². The fourth-order valence-corrected chi connectivity index (χ4v) is 1.99. The van der Waals surface area contributed by atoms with E-state index in [2.05, 4.69) is 24.1 Å². The highest BCUT2D eigenvalue weighted by Gasteiger charge is 2.24. The molecular formula is C12H18N2O. The third-order valence-electron chi connectivity index (χ3n) is 2.81. The fraction of sp³-hybridized carbons (Fsp3) is 0.500. The Bertz CT molecular complexity index is 302. The molecule has 0 aliphatic carbocycles. The van der Waals surface area contributed by atoms with E-state index < -0.39 is 0 Å². The molecule has 0 spiro atoms. The normalized spacial score (nSPS) is 28.7. The molecule has 1 fully saturated rings. The van der Waals surface area contributed by atoms with Crippen LogP contribution in [0.15, 0.2) is 30.3 Å². The summed E-state index contributed by atoms with van der Waals surface area (Å²) < 4.78 is 5.80. The van der Waals surface area contributed by atoms with Gasteiger partial charge in [0.05, 0.1) is 12.7 Å². The van der Waals surface area contributed by atoms with Crippen molar-refractivity contribution in [2.45, 2.75) is 12.1 Å².